The molecule has 124 valence electrons. The van der Waals surface area contributed by atoms with Crippen molar-refractivity contribution in [1.82, 2.24) is 19.9 Å². The predicted octanol–water partition coefficient (Wildman–Crippen LogP) is 2.29. The first-order valence-corrected chi connectivity index (χ1v) is 8.34. The highest BCUT2D eigenvalue weighted by molar-refractivity contribution is 5.96. The maximum atomic E-state index is 12.3. The lowest BCUT2D eigenvalue weighted by Crippen LogP contribution is -2.41. The van der Waals surface area contributed by atoms with E-state index in [0.717, 1.165) is 11.2 Å². The van der Waals surface area contributed by atoms with Crippen LogP contribution in [0.2, 0.25) is 0 Å². The van der Waals surface area contributed by atoms with E-state index in [1.165, 1.54) is 25.7 Å². The topological polar surface area (TPSA) is 80.0 Å². The molecule has 0 radical (unpaired) electrons. The number of imidazole rings is 1. The lowest BCUT2D eigenvalue weighted by molar-refractivity contribution is 0.0896. The number of nitrogens with one attached hydrogen (secondary N) is 1. The van der Waals surface area contributed by atoms with Gasteiger partial charge in [-0.05, 0) is 24.8 Å². The Balaban J connectivity index is 1.81. The maximum Gasteiger partial charge on any atom is 0.253 e. The quantitative estimate of drug-likeness (QED) is 0.887. The SMILES string of the molecule is CC(C)C(CO)NC(=O)c1cnc2c(c1)ncn2C1CCCC1. The number of hydrogen-bond donors (Lipinski definition) is 2. The molecule has 0 bridgehead atoms. The minimum Gasteiger partial charge on any atom is -0.394 e. The third kappa shape index (κ3) is 3.22. The van der Waals surface area contributed by atoms with E-state index in [9.17, 15) is 9.90 Å². The summed E-state index contributed by atoms with van der Waals surface area (Å²) in [5, 5.41) is 12.2. The van der Waals surface area contributed by atoms with Crippen LogP contribution in [0, 0.1) is 5.92 Å². The summed E-state index contributed by atoms with van der Waals surface area (Å²) in [6.45, 7) is 3.85. The Kier molecular flexibility index (Phi) is 4.61. The number of carbonyl (C=O) groups excluding carboxylic acids is 1. The standard InChI is InChI=1S/C17H24N4O2/c1-11(2)15(9-22)20-17(23)12-7-14-16(18-8-12)21(10-19-14)13-5-3-4-6-13/h7-8,10-11,13,15,22H,3-6,9H2,1-2H3,(H,20,23). The summed E-state index contributed by atoms with van der Waals surface area (Å²) >= 11 is 0. The Labute approximate surface area is 135 Å². The molecule has 6 nitrogen and oxygen atoms in total. The minimum atomic E-state index is -0.255. The number of nitrogens with zero attached hydrogens (tertiary/aromatic N) is 3. The molecule has 1 atom stereocenters. The molecule has 2 N–H and O–H groups in total. The Morgan fingerprint density at radius 1 is 1.39 bits per heavy atom. The summed E-state index contributed by atoms with van der Waals surface area (Å²) in [4.78, 5) is 21.2. The molecule has 2 aromatic heterocycles. The first-order chi connectivity index (χ1) is 11.1. The Bertz CT molecular complexity index is 689. The van der Waals surface area contributed by atoms with Crippen LogP contribution in [0.25, 0.3) is 11.2 Å². The van der Waals surface area contributed by atoms with E-state index in [4.69, 9.17) is 0 Å². The Morgan fingerprint density at radius 2 is 2.13 bits per heavy atom. The van der Waals surface area contributed by atoms with Crippen molar-refractivity contribution in [3.8, 4) is 0 Å². The molecule has 1 saturated carbocycles. The highest BCUT2D eigenvalue weighted by atomic mass is 16.3. The number of carbonyl (C=O) groups is 1. The zero-order valence-electron chi connectivity index (χ0n) is 13.7. The van der Waals surface area contributed by atoms with Gasteiger partial charge in [0.2, 0.25) is 0 Å². The van der Waals surface area contributed by atoms with Crippen molar-refractivity contribution in [3.05, 3.63) is 24.2 Å². The van der Waals surface area contributed by atoms with Gasteiger partial charge in [-0.1, -0.05) is 26.7 Å². The Hall–Kier alpha value is -1.95. The van der Waals surface area contributed by atoms with Crippen LogP contribution in [-0.4, -0.2) is 38.2 Å². The van der Waals surface area contributed by atoms with Gasteiger partial charge >= 0.3 is 0 Å². The van der Waals surface area contributed by atoms with Crippen molar-refractivity contribution in [1.29, 1.82) is 0 Å². The number of amides is 1. The third-order valence-electron chi connectivity index (χ3n) is 4.71. The highest BCUT2D eigenvalue weighted by Crippen LogP contribution is 2.31. The van der Waals surface area contributed by atoms with Gasteiger partial charge in [0.15, 0.2) is 5.65 Å². The monoisotopic (exact) mass is 316 g/mol. The first kappa shape index (κ1) is 15.9. The molecule has 0 spiro atoms. The van der Waals surface area contributed by atoms with E-state index in [2.05, 4.69) is 19.9 Å². The molecule has 1 aliphatic rings. The van der Waals surface area contributed by atoms with Gasteiger partial charge in [0, 0.05) is 12.2 Å². The molecule has 2 aromatic rings. The van der Waals surface area contributed by atoms with E-state index in [0.29, 0.717) is 11.6 Å². The second kappa shape index (κ2) is 6.66. The fourth-order valence-electron chi connectivity index (χ4n) is 3.17. The summed E-state index contributed by atoms with van der Waals surface area (Å²) < 4.78 is 2.13. The highest BCUT2D eigenvalue weighted by Gasteiger charge is 2.21. The third-order valence-corrected chi connectivity index (χ3v) is 4.71. The number of fused-ring (bicyclic) bond motifs is 1. The lowest BCUT2D eigenvalue weighted by atomic mass is 10.1. The van der Waals surface area contributed by atoms with Gasteiger partial charge in [-0.25, -0.2) is 9.97 Å². The maximum absolute atomic E-state index is 12.3. The molecule has 3 rings (SSSR count). The molecule has 1 aliphatic carbocycles. The van der Waals surface area contributed by atoms with E-state index in [1.54, 1.807) is 12.3 Å². The van der Waals surface area contributed by atoms with Gasteiger partial charge < -0.3 is 15.0 Å². The van der Waals surface area contributed by atoms with Crippen molar-refractivity contribution < 1.29 is 9.90 Å². The molecule has 1 fully saturated rings. The molecule has 0 aromatic carbocycles. The largest absolute Gasteiger partial charge is 0.394 e. The fraction of sp³-hybridized carbons (Fsp3) is 0.588. The Morgan fingerprint density at radius 3 is 2.78 bits per heavy atom. The average molecular weight is 316 g/mol. The first-order valence-electron chi connectivity index (χ1n) is 8.34. The van der Waals surface area contributed by atoms with Crippen LogP contribution in [0.3, 0.4) is 0 Å². The van der Waals surface area contributed by atoms with Gasteiger partial charge in [0.1, 0.15) is 5.52 Å². The molecule has 6 heteroatoms. The van der Waals surface area contributed by atoms with Crippen molar-refractivity contribution in [2.24, 2.45) is 5.92 Å². The summed E-state index contributed by atoms with van der Waals surface area (Å²) in [5.41, 5.74) is 2.07. The van der Waals surface area contributed by atoms with E-state index in [1.807, 2.05) is 20.2 Å². The van der Waals surface area contributed by atoms with Crippen LogP contribution >= 0.6 is 0 Å². The number of hydrogen-bond acceptors (Lipinski definition) is 4. The zero-order chi connectivity index (χ0) is 16.4. The number of aromatic nitrogens is 3. The van der Waals surface area contributed by atoms with Crippen LogP contribution in [-0.2, 0) is 0 Å². The van der Waals surface area contributed by atoms with E-state index < -0.39 is 0 Å². The fourth-order valence-corrected chi connectivity index (χ4v) is 3.17. The lowest BCUT2D eigenvalue weighted by Gasteiger charge is -2.19. The summed E-state index contributed by atoms with van der Waals surface area (Å²) in [6, 6.07) is 2.00. The minimum absolute atomic E-state index is 0.0740. The van der Waals surface area contributed by atoms with Crippen molar-refractivity contribution in [2.75, 3.05) is 6.61 Å². The average Bonchev–Trinajstić information content (AvgIpc) is 3.19. The molecular weight excluding hydrogens is 292 g/mol. The molecule has 1 amide bonds. The van der Waals surface area contributed by atoms with Crippen LogP contribution in [0.1, 0.15) is 55.9 Å². The summed E-state index contributed by atoms with van der Waals surface area (Å²) in [6.07, 6.45) is 8.27. The predicted molar refractivity (Wildman–Crippen MR) is 88.2 cm³/mol. The molecule has 23 heavy (non-hydrogen) atoms. The molecule has 0 aliphatic heterocycles. The molecule has 1 unspecified atom stereocenters. The van der Waals surface area contributed by atoms with Gasteiger partial charge in [-0.3, -0.25) is 4.79 Å². The molecule has 0 saturated heterocycles. The van der Waals surface area contributed by atoms with Crippen molar-refractivity contribution >= 4 is 17.1 Å². The second-order valence-corrected chi connectivity index (χ2v) is 6.66. The van der Waals surface area contributed by atoms with Gasteiger partial charge in [0.25, 0.3) is 5.91 Å². The zero-order valence-corrected chi connectivity index (χ0v) is 13.7. The van der Waals surface area contributed by atoms with E-state index >= 15 is 0 Å². The van der Waals surface area contributed by atoms with Crippen LogP contribution in [0.5, 0.6) is 0 Å². The van der Waals surface area contributed by atoms with Crippen molar-refractivity contribution in [3.63, 3.8) is 0 Å². The van der Waals surface area contributed by atoms with Crippen LogP contribution in [0.15, 0.2) is 18.6 Å². The van der Waals surface area contributed by atoms with Crippen LogP contribution < -0.4 is 5.32 Å². The number of rotatable bonds is 5. The van der Waals surface area contributed by atoms with Crippen molar-refractivity contribution in [2.45, 2.75) is 51.6 Å². The normalized spacial score (nSPS) is 17.0. The van der Waals surface area contributed by atoms with Gasteiger partial charge in [0.05, 0.1) is 24.5 Å². The van der Waals surface area contributed by atoms with Gasteiger partial charge in [-0.15, -0.1) is 0 Å². The van der Waals surface area contributed by atoms with E-state index in [-0.39, 0.29) is 24.5 Å². The number of pyridine rings is 1. The molecular formula is C17H24N4O2. The number of aliphatic hydroxyl groups excluding tert-OH is 1. The van der Waals surface area contributed by atoms with Crippen LogP contribution in [0.4, 0.5) is 0 Å². The van der Waals surface area contributed by atoms with Gasteiger partial charge in [-0.2, -0.15) is 0 Å². The number of aliphatic hydroxyl groups is 1. The molecule has 2 heterocycles. The summed E-state index contributed by atoms with van der Waals surface area (Å²) in [5.74, 6) is -0.0511. The smallest absolute Gasteiger partial charge is 0.253 e. The second-order valence-electron chi connectivity index (χ2n) is 6.66. The summed E-state index contributed by atoms with van der Waals surface area (Å²) in [7, 11) is 0.